The van der Waals surface area contributed by atoms with Crippen LogP contribution in [0.3, 0.4) is 0 Å². The highest BCUT2D eigenvalue weighted by atomic mass is 35.5. The largest absolute Gasteiger partial charge is 0.364 e. The Labute approximate surface area is 210 Å². The van der Waals surface area contributed by atoms with Crippen molar-refractivity contribution in [1.82, 2.24) is 14.9 Å². The first-order valence-corrected chi connectivity index (χ1v) is 12.6. The molecule has 2 fully saturated rings. The maximum Gasteiger partial charge on any atom is 0.265 e. The summed E-state index contributed by atoms with van der Waals surface area (Å²) in [5.41, 5.74) is 8.72. The molecule has 3 heterocycles. The van der Waals surface area contributed by atoms with Gasteiger partial charge in [-0.25, -0.2) is 4.98 Å². The van der Waals surface area contributed by atoms with Gasteiger partial charge in [0.1, 0.15) is 11.5 Å². The molecule has 0 unspecified atom stereocenters. The summed E-state index contributed by atoms with van der Waals surface area (Å²) in [5, 5.41) is 6.18. The van der Waals surface area contributed by atoms with Crippen LogP contribution in [0.2, 0.25) is 5.02 Å². The van der Waals surface area contributed by atoms with Gasteiger partial charge < -0.3 is 20.9 Å². The Hall–Kier alpha value is -2.87. The van der Waals surface area contributed by atoms with Crippen LogP contribution in [-0.2, 0) is 22.6 Å². The average molecular weight is 498 g/mol. The highest BCUT2D eigenvalue weighted by Crippen LogP contribution is 2.49. The Bertz CT molecular complexity index is 1210. The molecule has 3 aliphatic rings. The van der Waals surface area contributed by atoms with E-state index < -0.39 is 5.91 Å². The van der Waals surface area contributed by atoms with Gasteiger partial charge in [-0.15, -0.1) is 0 Å². The van der Waals surface area contributed by atoms with Gasteiger partial charge in [-0.3, -0.25) is 14.4 Å². The van der Waals surface area contributed by atoms with Crippen molar-refractivity contribution in [3.63, 3.8) is 0 Å². The molecule has 0 bridgehead atoms. The number of amides is 3. The van der Waals surface area contributed by atoms with E-state index in [0.717, 1.165) is 48.9 Å². The minimum absolute atomic E-state index is 0.00342. The average Bonchev–Trinajstić information content (AvgIpc) is 3.52. The van der Waals surface area contributed by atoms with E-state index in [1.54, 1.807) is 19.2 Å². The number of halogens is 1. The summed E-state index contributed by atoms with van der Waals surface area (Å²) in [6.07, 6.45) is 5.64. The van der Waals surface area contributed by atoms with Gasteiger partial charge in [-0.05, 0) is 61.5 Å². The van der Waals surface area contributed by atoms with Crippen LogP contribution < -0.4 is 16.4 Å². The summed E-state index contributed by atoms with van der Waals surface area (Å²) >= 11 is 6.54. The molecule has 0 aromatic carbocycles. The van der Waals surface area contributed by atoms with Gasteiger partial charge in [-0.1, -0.05) is 25.4 Å². The van der Waals surface area contributed by atoms with Gasteiger partial charge in [0, 0.05) is 48.4 Å². The first-order chi connectivity index (χ1) is 16.6. The fourth-order valence-corrected chi connectivity index (χ4v) is 6.73. The molecule has 35 heavy (non-hydrogen) atoms. The lowest BCUT2D eigenvalue weighted by Gasteiger charge is -2.16. The zero-order chi connectivity index (χ0) is 25.1. The van der Waals surface area contributed by atoms with Crippen molar-refractivity contribution >= 4 is 35.1 Å². The fourth-order valence-electron chi connectivity index (χ4n) is 6.53. The number of hydrogen-bond acceptors (Lipinski definition) is 4. The van der Waals surface area contributed by atoms with E-state index in [9.17, 15) is 14.4 Å². The minimum atomic E-state index is -0.473. The van der Waals surface area contributed by atoms with Crippen molar-refractivity contribution in [3.8, 4) is 11.1 Å². The number of carbonyl (C=O) groups excluding carboxylic acids is 3. The number of carbonyl (C=O) groups is 3. The number of nitrogens with two attached hydrogens (primary N) is 1. The molecule has 4 atom stereocenters. The van der Waals surface area contributed by atoms with E-state index >= 15 is 0 Å². The SMILES string of the molecule is CNC(=O)[C@H]1C[C@@H]2C[C@@H](C(=O)Nc3cc(-c4cc(C(N)=O)n5c4CC(C)(C)C5)c(Cl)cn3)C[C@@H]2C1. The zero-order valence-corrected chi connectivity index (χ0v) is 21.1. The molecule has 8 nitrogen and oxygen atoms in total. The van der Waals surface area contributed by atoms with E-state index in [-0.39, 0.29) is 29.1 Å². The first-order valence-electron chi connectivity index (χ1n) is 12.3. The topological polar surface area (TPSA) is 119 Å². The van der Waals surface area contributed by atoms with Crippen LogP contribution in [0.4, 0.5) is 5.82 Å². The third-order valence-corrected chi connectivity index (χ3v) is 8.39. The second kappa shape index (κ2) is 8.66. The van der Waals surface area contributed by atoms with E-state index in [2.05, 4.69) is 29.5 Å². The van der Waals surface area contributed by atoms with Crippen LogP contribution in [0.15, 0.2) is 18.3 Å². The van der Waals surface area contributed by atoms with Crippen molar-refractivity contribution in [3.05, 3.63) is 34.7 Å². The Kier molecular flexibility index (Phi) is 5.90. The molecular formula is C26H32ClN5O3. The van der Waals surface area contributed by atoms with Crippen molar-refractivity contribution < 1.29 is 14.4 Å². The van der Waals surface area contributed by atoms with Crippen LogP contribution in [0.25, 0.3) is 11.1 Å². The summed E-state index contributed by atoms with van der Waals surface area (Å²) in [7, 11) is 1.68. The summed E-state index contributed by atoms with van der Waals surface area (Å²) in [4.78, 5) is 41.5. The highest BCUT2D eigenvalue weighted by Gasteiger charge is 2.45. The van der Waals surface area contributed by atoms with Crippen LogP contribution in [0.5, 0.6) is 0 Å². The van der Waals surface area contributed by atoms with Gasteiger partial charge in [0.25, 0.3) is 5.91 Å². The van der Waals surface area contributed by atoms with Gasteiger partial charge in [0.15, 0.2) is 0 Å². The fraction of sp³-hybridized carbons (Fsp3) is 0.538. The highest BCUT2D eigenvalue weighted by molar-refractivity contribution is 6.33. The van der Waals surface area contributed by atoms with Gasteiger partial charge in [-0.2, -0.15) is 0 Å². The Morgan fingerprint density at radius 2 is 1.69 bits per heavy atom. The monoisotopic (exact) mass is 497 g/mol. The third kappa shape index (κ3) is 4.33. The molecule has 3 amide bonds. The van der Waals surface area contributed by atoms with Crippen LogP contribution in [-0.4, -0.2) is 34.3 Å². The summed E-state index contributed by atoms with van der Waals surface area (Å²) in [5.74, 6) is 0.849. The number of primary amides is 1. The number of hydrogen-bond donors (Lipinski definition) is 3. The Morgan fingerprint density at radius 1 is 1.06 bits per heavy atom. The zero-order valence-electron chi connectivity index (χ0n) is 20.4. The van der Waals surface area contributed by atoms with Crippen LogP contribution in [0, 0.1) is 29.1 Å². The molecule has 0 spiro atoms. The second-order valence-electron chi connectivity index (χ2n) is 11.2. The number of nitrogens with zero attached hydrogens (tertiary/aromatic N) is 2. The normalized spacial score (nSPS) is 26.3. The molecule has 186 valence electrons. The number of aromatic nitrogens is 2. The standard InChI is InChI=1S/C26H32ClN5O3/c1-26(2)10-21-18(8-20(23(28)33)32(21)12-26)17-9-22(30-11-19(17)27)31-25(35)16-6-13-4-15(24(34)29-3)5-14(13)7-16/h8-9,11,13-16H,4-7,10,12H2,1-3H3,(H2,28,33)(H,29,34)(H,30,31,35)/t13-,14+,15+,16-. The molecule has 1 aliphatic heterocycles. The Balaban J connectivity index is 1.34. The number of anilines is 1. The molecule has 0 saturated heterocycles. The molecular weight excluding hydrogens is 466 g/mol. The second-order valence-corrected chi connectivity index (χ2v) is 11.6. The molecule has 4 N–H and O–H groups in total. The van der Waals surface area contributed by atoms with Crippen molar-refractivity contribution in [2.45, 2.75) is 52.5 Å². The lowest BCUT2D eigenvalue weighted by molar-refractivity contribution is -0.124. The predicted molar refractivity (Wildman–Crippen MR) is 134 cm³/mol. The molecule has 0 radical (unpaired) electrons. The smallest absolute Gasteiger partial charge is 0.265 e. The number of pyridine rings is 1. The number of fused-ring (bicyclic) bond motifs is 2. The number of rotatable bonds is 5. The quantitative estimate of drug-likeness (QED) is 0.584. The van der Waals surface area contributed by atoms with E-state index in [1.807, 2.05) is 4.57 Å². The molecule has 2 aliphatic carbocycles. The summed E-state index contributed by atoms with van der Waals surface area (Å²) in [6, 6.07) is 3.57. The van der Waals surface area contributed by atoms with E-state index in [4.69, 9.17) is 17.3 Å². The van der Waals surface area contributed by atoms with Crippen molar-refractivity contribution in [1.29, 1.82) is 0 Å². The predicted octanol–water partition coefficient (Wildman–Crippen LogP) is 3.62. The minimum Gasteiger partial charge on any atom is -0.364 e. The van der Waals surface area contributed by atoms with E-state index in [0.29, 0.717) is 34.9 Å². The number of nitrogens with one attached hydrogen (secondary N) is 2. The summed E-state index contributed by atoms with van der Waals surface area (Å²) in [6.45, 7) is 5.02. The first kappa shape index (κ1) is 23.9. The maximum atomic E-state index is 13.1. The van der Waals surface area contributed by atoms with Gasteiger partial charge in [0.2, 0.25) is 11.8 Å². The van der Waals surface area contributed by atoms with Crippen LogP contribution >= 0.6 is 11.6 Å². The van der Waals surface area contributed by atoms with Crippen molar-refractivity contribution in [2.75, 3.05) is 12.4 Å². The lowest BCUT2D eigenvalue weighted by Crippen LogP contribution is -2.27. The molecule has 2 saturated carbocycles. The molecule has 9 heteroatoms. The molecule has 2 aromatic rings. The van der Waals surface area contributed by atoms with Gasteiger partial charge in [0.05, 0.1) is 5.02 Å². The van der Waals surface area contributed by atoms with E-state index in [1.165, 1.54) is 6.20 Å². The van der Waals surface area contributed by atoms with Crippen molar-refractivity contribution in [2.24, 2.45) is 34.8 Å². The molecule has 2 aromatic heterocycles. The van der Waals surface area contributed by atoms with Crippen LogP contribution in [0.1, 0.15) is 55.7 Å². The summed E-state index contributed by atoms with van der Waals surface area (Å²) < 4.78 is 1.98. The maximum absolute atomic E-state index is 13.1. The third-order valence-electron chi connectivity index (χ3n) is 8.09. The van der Waals surface area contributed by atoms with Gasteiger partial charge >= 0.3 is 0 Å². The Morgan fingerprint density at radius 3 is 2.29 bits per heavy atom. The lowest BCUT2D eigenvalue weighted by atomic mass is 9.89. The molecule has 5 rings (SSSR count).